The highest BCUT2D eigenvalue weighted by atomic mass is 16.4. The van der Waals surface area contributed by atoms with Crippen LogP contribution in [-0.2, 0) is 0 Å². The van der Waals surface area contributed by atoms with E-state index in [0.717, 1.165) is 25.9 Å². The molecular formula is C10H18N2O2. The summed E-state index contributed by atoms with van der Waals surface area (Å²) in [5, 5.41) is 12.5. The van der Waals surface area contributed by atoms with Gasteiger partial charge >= 0.3 is 6.09 Å². The van der Waals surface area contributed by atoms with Crippen LogP contribution >= 0.6 is 0 Å². The maximum absolute atomic E-state index is 11.1. The average molecular weight is 198 g/mol. The molecule has 14 heavy (non-hydrogen) atoms. The van der Waals surface area contributed by atoms with Crippen molar-refractivity contribution in [1.82, 2.24) is 10.2 Å². The average Bonchev–Trinajstić information content (AvgIpc) is 2.19. The molecule has 0 aromatic rings. The summed E-state index contributed by atoms with van der Waals surface area (Å²) in [5.41, 5.74) is -0.0810. The predicted molar refractivity (Wildman–Crippen MR) is 53.4 cm³/mol. The zero-order valence-corrected chi connectivity index (χ0v) is 8.46. The zero-order valence-electron chi connectivity index (χ0n) is 8.46. The van der Waals surface area contributed by atoms with E-state index in [0.29, 0.717) is 6.54 Å². The summed E-state index contributed by atoms with van der Waals surface area (Å²) in [6.45, 7) is 2.29. The van der Waals surface area contributed by atoms with Crippen LogP contribution in [0.5, 0.6) is 0 Å². The number of carboxylic acid groups (broad SMARTS) is 1. The molecule has 4 heteroatoms. The number of hydrogen-bond acceptors (Lipinski definition) is 2. The van der Waals surface area contributed by atoms with Crippen LogP contribution in [0.1, 0.15) is 32.1 Å². The van der Waals surface area contributed by atoms with E-state index >= 15 is 0 Å². The second kappa shape index (κ2) is 3.77. The Balaban J connectivity index is 2.14. The minimum Gasteiger partial charge on any atom is -0.465 e. The van der Waals surface area contributed by atoms with Crippen LogP contribution < -0.4 is 5.32 Å². The summed E-state index contributed by atoms with van der Waals surface area (Å²) in [4.78, 5) is 12.8. The third-order valence-electron chi connectivity index (χ3n) is 3.55. The van der Waals surface area contributed by atoms with Crippen molar-refractivity contribution in [1.29, 1.82) is 0 Å². The fraction of sp³-hybridized carbons (Fsp3) is 0.900. The lowest BCUT2D eigenvalue weighted by Crippen LogP contribution is -2.63. The second-order valence-electron chi connectivity index (χ2n) is 4.40. The molecule has 0 unspecified atom stereocenters. The van der Waals surface area contributed by atoms with Crippen LogP contribution in [0.15, 0.2) is 0 Å². The van der Waals surface area contributed by atoms with Gasteiger partial charge in [-0.25, -0.2) is 4.79 Å². The number of hydrogen-bond donors (Lipinski definition) is 2. The lowest BCUT2D eigenvalue weighted by molar-refractivity contribution is 0.0326. The third-order valence-corrected chi connectivity index (χ3v) is 3.55. The van der Waals surface area contributed by atoms with Gasteiger partial charge in [-0.2, -0.15) is 0 Å². The molecule has 80 valence electrons. The van der Waals surface area contributed by atoms with E-state index in [-0.39, 0.29) is 5.54 Å². The monoisotopic (exact) mass is 198 g/mol. The van der Waals surface area contributed by atoms with E-state index in [9.17, 15) is 4.79 Å². The number of carbonyl (C=O) groups is 1. The van der Waals surface area contributed by atoms with Crippen LogP contribution in [0, 0.1) is 0 Å². The quantitative estimate of drug-likeness (QED) is 0.616. The summed E-state index contributed by atoms with van der Waals surface area (Å²) >= 11 is 0. The summed E-state index contributed by atoms with van der Waals surface area (Å²) < 4.78 is 0. The Bertz CT molecular complexity index is 216. The Labute approximate surface area is 84.3 Å². The van der Waals surface area contributed by atoms with Crippen molar-refractivity contribution in [3.63, 3.8) is 0 Å². The molecule has 1 aliphatic heterocycles. The summed E-state index contributed by atoms with van der Waals surface area (Å²) in [6, 6.07) is 0. The molecular weight excluding hydrogens is 180 g/mol. The molecule has 1 amide bonds. The number of nitrogens with zero attached hydrogens (tertiary/aromatic N) is 1. The first kappa shape index (κ1) is 9.77. The molecule has 4 nitrogen and oxygen atoms in total. The second-order valence-corrected chi connectivity index (χ2v) is 4.40. The highest BCUT2D eigenvalue weighted by molar-refractivity contribution is 5.66. The first-order valence-corrected chi connectivity index (χ1v) is 5.46. The van der Waals surface area contributed by atoms with Crippen molar-refractivity contribution in [2.45, 2.75) is 37.6 Å². The van der Waals surface area contributed by atoms with Crippen LogP contribution in [-0.4, -0.2) is 41.3 Å². The molecule has 2 fully saturated rings. The van der Waals surface area contributed by atoms with Gasteiger partial charge in [0.1, 0.15) is 0 Å². The van der Waals surface area contributed by atoms with Gasteiger partial charge in [0, 0.05) is 19.6 Å². The SMILES string of the molecule is O=C(O)N1CCNCC12CCCCC2. The van der Waals surface area contributed by atoms with Gasteiger partial charge in [-0.15, -0.1) is 0 Å². The fourth-order valence-electron chi connectivity index (χ4n) is 2.80. The topological polar surface area (TPSA) is 52.6 Å². The Morgan fingerprint density at radius 3 is 2.64 bits per heavy atom. The highest BCUT2D eigenvalue weighted by Gasteiger charge is 2.42. The van der Waals surface area contributed by atoms with E-state index < -0.39 is 6.09 Å². The van der Waals surface area contributed by atoms with Gasteiger partial charge in [0.2, 0.25) is 0 Å². The summed E-state index contributed by atoms with van der Waals surface area (Å²) in [7, 11) is 0. The predicted octanol–water partition coefficient (Wildman–Crippen LogP) is 1.27. The van der Waals surface area contributed by atoms with E-state index in [1.165, 1.54) is 19.3 Å². The van der Waals surface area contributed by atoms with Crippen molar-refractivity contribution >= 4 is 6.09 Å². The molecule has 0 radical (unpaired) electrons. The van der Waals surface area contributed by atoms with E-state index in [1.54, 1.807) is 4.90 Å². The van der Waals surface area contributed by atoms with E-state index in [2.05, 4.69) is 5.32 Å². The number of rotatable bonds is 0. The molecule has 1 saturated carbocycles. The first-order chi connectivity index (χ1) is 6.75. The van der Waals surface area contributed by atoms with Crippen LogP contribution in [0.25, 0.3) is 0 Å². The Morgan fingerprint density at radius 1 is 1.29 bits per heavy atom. The first-order valence-electron chi connectivity index (χ1n) is 5.46. The molecule has 0 aromatic carbocycles. The minimum atomic E-state index is -0.742. The van der Waals surface area contributed by atoms with Crippen molar-refractivity contribution in [2.24, 2.45) is 0 Å². The largest absolute Gasteiger partial charge is 0.465 e. The standard InChI is InChI=1S/C10H18N2O2/c13-9(14)12-7-6-11-8-10(12)4-2-1-3-5-10/h11H,1-8H2,(H,13,14). The van der Waals surface area contributed by atoms with Crippen molar-refractivity contribution in [3.05, 3.63) is 0 Å². The maximum atomic E-state index is 11.1. The van der Waals surface area contributed by atoms with Crippen molar-refractivity contribution in [2.75, 3.05) is 19.6 Å². The van der Waals surface area contributed by atoms with E-state index in [1.807, 2.05) is 0 Å². The lowest BCUT2D eigenvalue weighted by atomic mass is 9.79. The zero-order chi connectivity index (χ0) is 10.0. The Morgan fingerprint density at radius 2 is 2.00 bits per heavy atom. The van der Waals surface area contributed by atoms with Gasteiger partial charge < -0.3 is 15.3 Å². The third kappa shape index (κ3) is 1.59. The van der Waals surface area contributed by atoms with E-state index in [4.69, 9.17) is 5.11 Å². The van der Waals surface area contributed by atoms with Gasteiger partial charge in [0.15, 0.2) is 0 Å². The molecule has 2 aliphatic rings. The normalized spacial score (nSPS) is 26.4. The van der Waals surface area contributed by atoms with Gasteiger partial charge in [-0.05, 0) is 12.8 Å². The Hall–Kier alpha value is -0.770. The molecule has 1 aliphatic carbocycles. The smallest absolute Gasteiger partial charge is 0.407 e. The number of nitrogens with one attached hydrogen (secondary N) is 1. The molecule has 2 rings (SSSR count). The Kier molecular flexibility index (Phi) is 2.63. The van der Waals surface area contributed by atoms with Gasteiger partial charge in [0.05, 0.1) is 5.54 Å². The lowest BCUT2D eigenvalue weighted by Gasteiger charge is -2.48. The molecule has 1 spiro atoms. The molecule has 0 atom stereocenters. The fourth-order valence-corrected chi connectivity index (χ4v) is 2.80. The van der Waals surface area contributed by atoms with Gasteiger partial charge in [-0.3, -0.25) is 0 Å². The molecule has 0 aromatic heterocycles. The van der Waals surface area contributed by atoms with Crippen molar-refractivity contribution < 1.29 is 9.90 Å². The summed E-state index contributed by atoms with van der Waals surface area (Å²) in [5.74, 6) is 0. The molecule has 1 heterocycles. The van der Waals surface area contributed by atoms with Crippen LogP contribution in [0.4, 0.5) is 4.79 Å². The van der Waals surface area contributed by atoms with Gasteiger partial charge in [-0.1, -0.05) is 19.3 Å². The van der Waals surface area contributed by atoms with Crippen LogP contribution in [0.2, 0.25) is 0 Å². The van der Waals surface area contributed by atoms with Crippen molar-refractivity contribution in [3.8, 4) is 0 Å². The van der Waals surface area contributed by atoms with Gasteiger partial charge in [0.25, 0.3) is 0 Å². The molecule has 0 bridgehead atoms. The molecule has 2 N–H and O–H groups in total. The summed E-state index contributed by atoms with van der Waals surface area (Å²) in [6.07, 6.45) is 4.93. The maximum Gasteiger partial charge on any atom is 0.407 e. The molecule has 1 saturated heterocycles. The van der Waals surface area contributed by atoms with Crippen LogP contribution in [0.3, 0.4) is 0 Å². The minimum absolute atomic E-state index is 0.0810. The number of piperazine rings is 1. The highest BCUT2D eigenvalue weighted by Crippen LogP contribution is 2.34. The number of amides is 1.